The predicted molar refractivity (Wildman–Crippen MR) is 206 cm³/mol. The molecule has 4 aromatic carbocycles. The summed E-state index contributed by atoms with van der Waals surface area (Å²) in [5, 5.41) is 3.49. The van der Waals surface area contributed by atoms with Gasteiger partial charge in [0.25, 0.3) is 5.89 Å². The van der Waals surface area contributed by atoms with E-state index >= 15 is 0 Å². The minimum atomic E-state index is -3.73. The first-order valence-electron chi connectivity index (χ1n) is 17.8. The number of likely N-dealkylation sites (tertiary alicyclic amines) is 1. The van der Waals surface area contributed by atoms with Crippen LogP contribution in [-0.4, -0.2) is 67.2 Å². The van der Waals surface area contributed by atoms with Crippen LogP contribution in [0.3, 0.4) is 0 Å². The van der Waals surface area contributed by atoms with Crippen LogP contribution in [0.2, 0.25) is 5.02 Å². The Balaban J connectivity index is 1.19. The average Bonchev–Trinajstić information content (AvgIpc) is 3.79. The minimum Gasteiger partial charge on any atom is -0.434 e. The number of rotatable bonds is 17. The smallest absolute Gasteiger partial charge is 0.266 e. The van der Waals surface area contributed by atoms with E-state index in [1.807, 2.05) is 18.2 Å². The van der Waals surface area contributed by atoms with Crippen LogP contribution in [0.1, 0.15) is 53.1 Å². The number of ether oxygens (including phenoxy) is 1. The second-order valence-corrected chi connectivity index (χ2v) is 15.4. The summed E-state index contributed by atoms with van der Waals surface area (Å²) in [5.41, 5.74) is 9.09. The monoisotopic (exact) mass is 771 g/mol. The van der Waals surface area contributed by atoms with Gasteiger partial charge in [-0.15, -0.1) is 0 Å². The molecule has 0 spiro atoms. The van der Waals surface area contributed by atoms with Crippen LogP contribution in [0.25, 0.3) is 11.1 Å². The molecule has 1 fully saturated rings. The van der Waals surface area contributed by atoms with Crippen molar-refractivity contribution in [2.75, 3.05) is 17.8 Å². The Bertz CT molecular complexity index is 2150. The minimum absolute atomic E-state index is 0.107. The molecule has 1 aliphatic heterocycles. The van der Waals surface area contributed by atoms with E-state index in [0.29, 0.717) is 58.7 Å². The molecular formula is C40H42ClN5O7S. The van der Waals surface area contributed by atoms with E-state index in [-0.39, 0.29) is 43.5 Å². The van der Waals surface area contributed by atoms with E-state index in [2.05, 4.69) is 15.0 Å². The largest absolute Gasteiger partial charge is 0.434 e. The van der Waals surface area contributed by atoms with Gasteiger partial charge in [0, 0.05) is 23.7 Å². The summed E-state index contributed by atoms with van der Waals surface area (Å²) in [6.45, 7) is 0.789. The van der Waals surface area contributed by atoms with Crippen molar-refractivity contribution in [1.29, 1.82) is 0 Å². The number of hydrogen-bond acceptors (Lipinski definition) is 9. The number of sulfonamides is 1. The third-order valence-corrected chi connectivity index (χ3v) is 10.6. The highest BCUT2D eigenvalue weighted by molar-refractivity contribution is 7.91. The molecule has 2 amide bonds. The van der Waals surface area contributed by atoms with Crippen LogP contribution >= 0.6 is 11.6 Å². The number of halogens is 1. The SMILES string of the molecule is NCCCC[C@H](NC(=O)[C@@H]1C[C@@H](OCc2ccc(Cl)cc2)CN1C(=O)Cc1cccc(NS(=O)(=O)Cc2ccccc2)c1)C(=O)c1nc2ccccc2o1. The number of oxazole rings is 1. The zero-order valence-corrected chi connectivity index (χ0v) is 31.1. The third-order valence-electron chi connectivity index (χ3n) is 9.12. The van der Waals surface area contributed by atoms with E-state index < -0.39 is 39.9 Å². The summed E-state index contributed by atoms with van der Waals surface area (Å²) in [5.74, 6) is -1.67. The second kappa shape index (κ2) is 17.8. The Kier molecular flexibility index (Phi) is 12.8. The third kappa shape index (κ3) is 10.3. The molecule has 5 aromatic rings. The van der Waals surface area contributed by atoms with Crippen molar-refractivity contribution in [3.63, 3.8) is 0 Å². The molecule has 1 saturated heterocycles. The van der Waals surface area contributed by atoms with E-state index in [4.69, 9.17) is 26.5 Å². The highest BCUT2D eigenvalue weighted by Crippen LogP contribution is 2.25. The topological polar surface area (TPSA) is 174 Å². The van der Waals surface area contributed by atoms with Crippen molar-refractivity contribution < 1.29 is 32.0 Å². The number of unbranched alkanes of at least 4 members (excludes halogenated alkanes) is 1. The molecule has 12 nitrogen and oxygen atoms in total. The number of amides is 2. The van der Waals surface area contributed by atoms with Crippen LogP contribution in [-0.2, 0) is 43.1 Å². The highest BCUT2D eigenvalue weighted by Gasteiger charge is 2.41. The molecular weight excluding hydrogens is 730 g/mol. The number of nitrogens with two attached hydrogens (primary N) is 1. The molecule has 54 heavy (non-hydrogen) atoms. The van der Waals surface area contributed by atoms with Gasteiger partial charge in [-0.2, -0.15) is 0 Å². The van der Waals surface area contributed by atoms with Gasteiger partial charge >= 0.3 is 0 Å². The molecule has 282 valence electrons. The Morgan fingerprint density at radius 2 is 1.67 bits per heavy atom. The lowest BCUT2D eigenvalue weighted by Gasteiger charge is -2.26. The van der Waals surface area contributed by atoms with Crippen LogP contribution in [0, 0.1) is 0 Å². The lowest BCUT2D eigenvalue weighted by atomic mass is 10.0. The first-order chi connectivity index (χ1) is 26.1. The van der Waals surface area contributed by atoms with E-state index in [0.717, 1.165) is 5.56 Å². The van der Waals surface area contributed by atoms with Gasteiger partial charge in [-0.05, 0) is 78.9 Å². The molecule has 14 heteroatoms. The maximum Gasteiger partial charge on any atom is 0.266 e. The van der Waals surface area contributed by atoms with Crippen LogP contribution in [0.5, 0.6) is 0 Å². The van der Waals surface area contributed by atoms with E-state index in [9.17, 15) is 22.8 Å². The molecule has 0 aliphatic carbocycles. The second-order valence-electron chi connectivity index (χ2n) is 13.3. The molecule has 0 bridgehead atoms. The van der Waals surface area contributed by atoms with Gasteiger partial charge < -0.3 is 25.1 Å². The Hall–Kier alpha value is -5.08. The molecule has 1 aliphatic rings. The predicted octanol–water partition coefficient (Wildman–Crippen LogP) is 5.65. The van der Waals surface area contributed by atoms with Gasteiger partial charge in [0.2, 0.25) is 27.6 Å². The number of aromatic nitrogens is 1. The molecule has 4 N–H and O–H groups in total. The van der Waals surface area contributed by atoms with Gasteiger partial charge in [-0.25, -0.2) is 13.4 Å². The van der Waals surface area contributed by atoms with Crippen LogP contribution in [0.15, 0.2) is 108 Å². The standard InChI is InChI=1S/C40H42ClN5O7S/c41-30-18-16-27(17-19-30)25-52-32-23-35(39(49)43-34(14-6-7-20-42)38(48)40-44-33-13-4-5-15-36(33)53-40)46(24-32)37(47)22-29-11-8-12-31(21-29)45-54(50,51)26-28-9-2-1-3-10-28/h1-5,8-13,15-19,21,32,34-35,45H,6-7,14,20,22-26,42H2,(H,43,49)/t32-,34+,35+/m1/s1. The maximum absolute atomic E-state index is 14.1. The number of carbonyl (C=O) groups excluding carboxylic acids is 3. The number of hydrogen-bond donors (Lipinski definition) is 3. The summed E-state index contributed by atoms with van der Waals surface area (Å²) in [7, 11) is -3.73. The first kappa shape index (κ1) is 38.6. The molecule has 6 rings (SSSR count). The first-order valence-corrected chi connectivity index (χ1v) is 19.8. The fraction of sp³-hybridized carbons (Fsp3) is 0.300. The normalized spacial score (nSPS) is 16.3. The molecule has 2 heterocycles. The lowest BCUT2D eigenvalue weighted by molar-refractivity contribution is -0.138. The number of nitrogens with one attached hydrogen (secondary N) is 2. The van der Waals surface area contributed by atoms with Gasteiger partial charge in [0.15, 0.2) is 5.58 Å². The fourth-order valence-corrected chi connectivity index (χ4v) is 7.74. The summed E-state index contributed by atoms with van der Waals surface area (Å²) in [6.07, 6.45) is 1.10. The van der Waals surface area contributed by atoms with Crippen molar-refractivity contribution in [3.05, 3.63) is 131 Å². The number of ketones is 1. The number of nitrogens with zero attached hydrogens (tertiary/aromatic N) is 2. The Morgan fingerprint density at radius 1 is 0.926 bits per heavy atom. The highest BCUT2D eigenvalue weighted by atomic mass is 35.5. The quantitative estimate of drug-likeness (QED) is 0.0798. The van der Waals surface area contributed by atoms with E-state index in [1.54, 1.807) is 84.9 Å². The summed E-state index contributed by atoms with van der Waals surface area (Å²) < 4.78 is 40.4. The summed E-state index contributed by atoms with van der Waals surface area (Å²) >= 11 is 6.05. The number of Topliss-reactive ketones (excluding diaryl/α,β-unsaturated/α-hetero) is 1. The average molecular weight is 772 g/mol. The number of fused-ring (bicyclic) bond motifs is 1. The van der Waals surface area contributed by atoms with Gasteiger partial charge in [-0.3, -0.25) is 19.1 Å². The summed E-state index contributed by atoms with van der Waals surface area (Å²) in [4.78, 5) is 47.7. The molecule has 0 unspecified atom stereocenters. The van der Waals surface area contributed by atoms with Gasteiger partial charge in [0.1, 0.15) is 11.6 Å². The lowest BCUT2D eigenvalue weighted by Crippen LogP contribution is -2.51. The zero-order valence-electron chi connectivity index (χ0n) is 29.5. The van der Waals surface area contributed by atoms with Crippen molar-refractivity contribution in [2.24, 2.45) is 5.73 Å². The maximum atomic E-state index is 14.1. The number of para-hydroxylation sites is 2. The summed E-state index contributed by atoms with van der Waals surface area (Å²) in [6, 6.07) is 27.7. The van der Waals surface area contributed by atoms with E-state index in [1.165, 1.54) is 4.90 Å². The molecule has 3 atom stereocenters. The van der Waals surface area contributed by atoms with Crippen LogP contribution in [0.4, 0.5) is 5.69 Å². The van der Waals surface area contributed by atoms with Crippen molar-refractivity contribution in [2.45, 2.75) is 62.7 Å². The molecule has 0 saturated carbocycles. The number of benzene rings is 4. The van der Waals surface area contributed by atoms with Crippen LogP contribution < -0.4 is 15.8 Å². The van der Waals surface area contributed by atoms with Crippen molar-refractivity contribution >= 4 is 56.0 Å². The molecule has 0 radical (unpaired) electrons. The van der Waals surface area contributed by atoms with Gasteiger partial charge in [0.05, 0.1) is 30.9 Å². The fourth-order valence-electron chi connectivity index (χ4n) is 6.42. The zero-order chi connectivity index (χ0) is 38.1. The number of anilines is 1. The Morgan fingerprint density at radius 3 is 2.43 bits per heavy atom. The van der Waals surface area contributed by atoms with Crippen molar-refractivity contribution in [1.82, 2.24) is 15.2 Å². The van der Waals surface area contributed by atoms with Crippen molar-refractivity contribution in [3.8, 4) is 0 Å². The number of carbonyl (C=O) groups is 3. The van der Waals surface area contributed by atoms with Gasteiger partial charge in [-0.1, -0.05) is 78.3 Å². The Labute approximate surface area is 319 Å². The molecule has 1 aromatic heterocycles.